The van der Waals surface area contributed by atoms with Crippen LogP contribution >= 0.6 is 35.0 Å². The summed E-state index contributed by atoms with van der Waals surface area (Å²) in [6, 6.07) is 14.2. The van der Waals surface area contributed by atoms with Crippen molar-refractivity contribution in [2.75, 3.05) is 0 Å². The molecule has 0 unspecified atom stereocenters. The Morgan fingerprint density at radius 1 is 1.12 bits per heavy atom. The van der Waals surface area contributed by atoms with E-state index in [0.717, 1.165) is 16.7 Å². The third kappa shape index (κ3) is 6.82. The zero-order valence-electron chi connectivity index (χ0n) is 13.3. The summed E-state index contributed by atoms with van der Waals surface area (Å²) in [4.78, 5) is 24.5. The lowest BCUT2D eigenvalue weighted by Crippen LogP contribution is -2.22. The maximum absolute atomic E-state index is 11.9. The Balaban J connectivity index is 1.82. The molecule has 0 heterocycles. The van der Waals surface area contributed by atoms with Crippen LogP contribution < -0.4 is 5.32 Å². The molecule has 0 bridgehead atoms. The highest BCUT2D eigenvalue weighted by atomic mass is 35.5. The topological polar surface area (TPSA) is 55.4 Å². The molecule has 0 radical (unpaired) electrons. The molecule has 0 saturated carbocycles. The van der Waals surface area contributed by atoms with Gasteiger partial charge in [-0.25, -0.2) is 4.79 Å². The summed E-state index contributed by atoms with van der Waals surface area (Å²) in [5.41, 5.74) is 1.11. The number of nitrogens with one attached hydrogen (secondary N) is 1. The fourth-order valence-corrected chi connectivity index (χ4v) is 2.90. The molecule has 1 N–H and O–H groups in total. The number of alkyl carbamates (subject to hydrolysis) is 1. The van der Waals surface area contributed by atoms with E-state index >= 15 is 0 Å². The van der Waals surface area contributed by atoms with Crippen LogP contribution in [-0.2, 0) is 16.1 Å². The standard InChI is InChI=1S/C18H15Cl2NO3S/c1-12(9-17(22)25-14-5-3-2-4-6-14)21-18(23)24-11-13-7-8-15(19)16(20)10-13/h2-10H,11H2,1H3,(H,21,23)/b12-9-. The third-order valence-electron chi connectivity index (χ3n) is 2.95. The number of thioether (sulfide) groups is 1. The van der Waals surface area contributed by atoms with E-state index < -0.39 is 6.09 Å². The van der Waals surface area contributed by atoms with Crippen molar-refractivity contribution in [1.82, 2.24) is 5.32 Å². The minimum absolute atomic E-state index is 0.0444. The molecule has 0 spiro atoms. The van der Waals surface area contributed by atoms with Crippen LogP contribution in [0.3, 0.4) is 0 Å². The SMILES string of the molecule is C/C(=C/C(=O)Sc1ccccc1)NC(=O)OCc1ccc(Cl)c(Cl)c1. The highest BCUT2D eigenvalue weighted by Crippen LogP contribution is 2.23. The van der Waals surface area contributed by atoms with Crippen molar-refractivity contribution in [1.29, 1.82) is 0 Å². The molecule has 0 aliphatic heterocycles. The summed E-state index contributed by atoms with van der Waals surface area (Å²) in [6.45, 7) is 1.66. The predicted octanol–water partition coefficient (Wildman–Crippen LogP) is 5.44. The van der Waals surface area contributed by atoms with Gasteiger partial charge in [0.2, 0.25) is 5.12 Å². The fourth-order valence-electron chi connectivity index (χ4n) is 1.82. The maximum Gasteiger partial charge on any atom is 0.411 e. The van der Waals surface area contributed by atoms with Crippen molar-refractivity contribution in [3.8, 4) is 0 Å². The van der Waals surface area contributed by atoms with Crippen molar-refractivity contribution >= 4 is 46.2 Å². The number of allylic oxidation sites excluding steroid dienone is 1. The Kier molecular flexibility index (Phi) is 7.37. The van der Waals surface area contributed by atoms with Gasteiger partial charge >= 0.3 is 6.09 Å². The molecular weight excluding hydrogens is 381 g/mol. The van der Waals surface area contributed by atoms with Crippen molar-refractivity contribution in [3.05, 3.63) is 75.9 Å². The summed E-state index contributed by atoms with van der Waals surface area (Å²) < 4.78 is 5.08. The van der Waals surface area contributed by atoms with Crippen molar-refractivity contribution in [2.24, 2.45) is 0 Å². The molecule has 0 fully saturated rings. The molecule has 7 heteroatoms. The van der Waals surface area contributed by atoms with Crippen LogP contribution in [0.2, 0.25) is 10.0 Å². The summed E-state index contributed by atoms with van der Waals surface area (Å²) in [5.74, 6) is 0. The van der Waals surface area contributed by atoms with Crippen molar-refractivity contribution in [3.63, 3.8) is 0 Å². The van der Waals surface area contributed by atoms with Crippen LogP contribution in [0.5, 0.6) is 0 Å². The number of carbonyl (C=O) groups excluding carboxylic acids is 2. The number of hydrogen-bond donors (Lipinski definition) is 1. The Morgan fingerprint density at radius 3 is 2.52 bits per heavy atom. The Bertz CT molecular complexity index is 794. The van der Waals surface area contributed by atoms with Crippen LogP contribution in [0.1, 0.15) is 12.5 Å². The van der Waals surface area contributed by atoms with E-state index in [4.69, 9.17) is 27.9 Å². The smallest absolute Gasteiger partial charge is 0.411 e. The van der Waals surface area contributed by atoms with E-state index in [1.165, 1.54) is 6.08 Å². The summed E-state index contributed by atoms with van der Waals surface area (Å²) in [7, 11) is 0. The molecule has 0 saturated heterocycles. The number of amides is 1. The van der Waals surface area contributed by atoms with Gasteiger partial charge in [-0.15, -0.1) is 0 Å². The van der Waals surface area contributed by atoms with Crippen LogP contribution in [0.15, 0.2) is 65.2 Å². The lowest BCUT2D eigenvalue weighted by atomic mass is 10.2. The van der Waals surface area contributed by atoms with E-state index in [1.54, 1.807) is 25.1 Å². The molecule has 2 rings (SSSR count). The molecule has 1 amide bonds. The third-order valence-corrected chi connectivity index (χ3v) is 4.52. The molecule has 0 aliphatic carbocycles. The largest absolute Gasteiger partial charge is 0.444 e. The molecule has 2 aromatic rings. The first-order chi connectivity index (χ1) is 11.9. The molecule has 130 valence electrons. The van der Waals surface area contributed by atoms with Gasteiger partial charge in [-0.3, -0.25) is 10.1 Å². The van der Waals surface area contributed by atoms with Gasteiger partial charge in [0.25, 0.3) is 0 Å². The first kappa shape index (κ1) is 19.4. The number of carbonyl (C=O) groups is 2. The second-order valence-electron chi connectivity index (χ2n) is 5.01. The zero-order valence-corrected chi connectivity index (χ0v) is 15.6. The summed E-state index contributed by atoms with van der Waals surface area (Å²) >= 11 is 12.8. The molecule has 0 aromatic heterocycles. The van der Waals surface area contributed by atoms with Gasteiger partial charge in [0.05, 0.1) is 10.0 Å². The van der Waals surface area contributed by atoms with Gasteiger partial charge in [-0.2, -0.15) is 0 Å². The van der Waals surface area contributed by atoms with Gasteiger partial charge in [0, 0.05) is 16.7 Å². The van der Waals surface area contributed by atoms with E-state index in [2.05, 4.69) is 5.32 Å². The first-order valence-corrected chi connectivity index (χ1v) is 8.84. The van der Waals surface area contributed by atoms with Crippen LogP contribution in [0, 0.1) is 0 Å². The van der Waals surface area contributed by atoms with Gasteiger partial charge in [-0.1, -0.05) is 47.5 Å². The molecule has 2 aromatic carbocycles. The Hall–Kier alpha value is -1.95. The number of hydrogen-bond acceptors (Lipinski definition) is 4. The van der Waals surface area contributed by atoms with Crippen molar-refractivity contribution < 1.29 is 14.3 Å². The molecule has 25 heavy (non-hydrogen) atoms. The second-order valence-corrected chi connectivity index (χ2v) is 6.90. The van der Waals surface area contributed by atoms with Gasteiger partial charge in [-0.05, 0) is 48.5 Å². The zero-order chi connectivity index (χ0) is 18.2. The van der Waals surface area contributed by atoms with Crippen molar-refractivity contribution in [2.45, 2.75) is 18.4 Å². The van der Waals surface area contributed by atoms with Gasteiger partial charge in [0.1, 0.15) is 6.61 Å². The fraction of sp³-hybridized carbons (Fsp3) is 0.111. The highest BCUT2D eigenvalue weighted by molar-refractivity contribution is 8.14. The lowest BCUT2D eigenvalue weighted by Gasteiger charge is -2.08. The Labute approximate surface area is 160 Å². The molecule has 4 nitrogen and oxygen atoms in total. The second kappa shape index (κ2) is 9.51. The first-order valence-electron chi connectivity index (χ1n) is 7.27. The molecule has 0 aliphatic rings. The highest BCUT2D eigenvalue weighted by Gasteiger charge is 2.07. The number of rotatable bonds is 5. The lowest BCUT2D eigenvalue weighted by molar-refractivity contribution is -0.107. The van der Waals surface area contributed by atoms with Gasteiger partial charge < -0.3 is 4.74 Å². The van der Waals surface area contributed by atoms with E-state index in [1.807, 2.05) is 30.3 Å². The quantitative estimate of drug-likeness (QED) is 0.540. The number of halogens is 2. The summed E-state index contributed by atoms with van der Waals surface area (Å²) in [5, 5.41) is 3.14. The normalized spacial score (nSPS) is 11.1. The van der Waals surface area contributed by atoms with Gasteiger partial charge in [0.15, 0.2) is 0 Å². The molecular formula is C18H15Cl2NO3S. The Morgan fingerprint density at radius 2 is 1.84 bits per heavy atom. The van der Waals surface area contributed by atoms with E-state index in [0.29, 0.717) is 21.3 Å². The average molecular weight is 396 g/mol. The minimum atomic E-state index is -0.655. The minimum Gasteiger partial charge on any atom is -0.444 e. The molecule has 0 atom stereocenters. The monoisotopic (exact) mass is 395 g/mol. The van der Waals surface area contributed by atoms with E-state index in [-0.39, 0.29) is 11.7 Å². The van der Waals surface area contributed by atoms with Crippen LogP contribution in [0.25, 0.3) is 0 Å². The van der Waals surface area contributed by atoms with Crippen LogP contribution in [-0.4, -0.2) is 11.2 Å². The summed E-state index contributed by atoms with van der Waals surface area (Å²) in [6.07, 6.45) is 0.690. The number of ether oxygens (including phenoxy) is 1. The number of benzene rings is 2. The van der Waals surface area contributed by atoms with Crippen LogP contribution in [0.4, 0.5) is 4.79 Å². The average Bonchev–Trinajstić information content (AvgIpc) is 2.56. The predicted molar refractivity (Wildman–Crippen MR) is 101 cm³/mol. The maximum atomic E-state index is 11.9. The van der Waals surface area contributed by atoms with E-state index in [9.17, 15) is 9.59 Å².